The molecule has 0 aromatic heterocycles. The Morgan fingerprint density at radius 3 is 2.58 bits per heavy atom. The van der Waals surface area contributed by atoms with E-state index in [4.69, 9.17) is 22.4 Å². The molecule has 1 aromatic carbocycles. The minimum Gasteiger partial charge on any atom is -0.480 e. The largest absolute Gasteiger partial charge is 0.480 e. The molecule has 4 heteroatoms. The van der Waals surface area contributed by atoms with Crippen molar-refractivity contribution in [3.05, 3.63) is 34.9 Å². The highest BCUT2D eigenvalue weighted by Crippen LogP contribution is 2.20. The van der Waals surface area contributed by atoms with Gasteiger partial charge in [0.25, 0.3) is 0 Å². The van der Waals surface area contributed by atoms with E-state index in [0.29, 0.717) is 10.6 Å². The lowest BCUT2D eigenvalue weighted by molar-refractivity contribution is -0.138. The molecule has 1 aromatic rings. The fourth-order valence-electron chi connectivity index (χ4n) is 0.860. The lowest BCUT2D eigenvalue weighted by Crippen LogP contribution is -2.20. The molecule has 64 valence electrons. The summed E-state index contributed by atoms with van der Waals surface area (Å²) >= 11 is 5.72. The maximum Gasteiger partial charge on any atom is 0.325 e. The summed E-state index contributed by atoms with van der Waals surface area (Å²) in [7, 11) is 0. The molecule has 0 saturated heterocycles. The number of aliphatic carboxylic acids is 1. The van der Waals surface area contributed by atoms with Crippen molar-refractivity contribution in [2.45, 2.75) is 6.04 Å². The summed E-state index contributed by atoms with van der Waals surface area (Å²) in [5, 5.41) is 8.96. The van der Waals surface area contributed by atoms with Crippen LogP contribution in [0.5, 0.6) is 0 Å². The van der Waals surface area contributed by atoms with Crippen molar-refractivity contribution < 1.29 is 9.90 Å². The van der Waals surface area contributed by atoms with Crippen LogP contribution in [0.15, 0.2) is 24.3 Å². The van der Waals surface area contributed by atoms with Crippen LogP contribution in [0.1, 0.15) is 11.6 Å². The molecule has 0 saturated carbocycles. The number of benzene rings is 1. The number of carboxylic acid groups (broad SMARTS) is 1. The molecule has 0 fully saturated rings. The zero-order valence-corrected chi connectivity index (χ0v) is 6.95. The predicted molar refractivity (Wildman–Crippen MR) is 46.0 cm³/mol. The summed E-state index contributed by atoms with van der Waals surface area (Å²) in [5.41, 5.74) is 5.79. The summed E-state index contributed by atoms with van der Waals surface area (Å²) in [5.74, 6) is -1.08. The summed E-state index contributed by atoms with van der Waals surface area (Å²) in [6.45, 7) is 0. The Hall–Kier alpha value is -1.06. The van der Waals surface area contributed by atoms with Gasteiger partial charge in [-0.25, -0.2) is 0 Å². The zero-order chi connectivity index (χ0) is 9.14. The smallest absolute Gasteiger partial charge is 0.325 e. The Labute approximate surface area is 74.8 Å². The van der Waals surface area contributed by atoms with Crippen molar-refractivity contribution in [1.29, 1.82) is 0 Å². The molecule has 0 aliphatic rings. The molecule has 0 aliphatic carbocycles. The number of carbonyl (C=O) groups is 1. The van der Waals surface area contributed by atoms with Gasteiger partial charge in [-0.2, -0.15) is 0 Å². The van der Waals surface area contributed by atoms with Gasteiger partial charge < -0.3 is 10.8 Å². The maximum absolute atomic E-state index is 10.5. The van der Waals surface area contributed by atoms with E-state index < -0.39 is 12.0 Å². The van der Waals surface area contributed by atoms with E-state index in [-0.39, 0.29) is 0 Å². The number of nitrogens with two attached hydrogens (primary N) is 1. The summed E-state index contributed by atoms with van der Waals surface area (Å²) in [4.78, 5) is 10.5. The summed E-state index contributed by atoms with van der Waals surface area (Å²) < 4.78 is 0. The molecule has 3 nitrogen and oxygen atoms in total. The Balaban J connectivity index is 3.02. The zero-order valence-electron chi connectivity index (χ0n) is 6.20. The summed E-state index contributed by atoms with van der Waals surface area (Å²) in [6, 6.07) is 5.59. The second-order valence-corrected chi connectivity index (χ2v) is 2.74. The first-order valence-electron chi connectivity index (χ1n) is 3.35. The van der Waals surface area contributed by atoms with E-state index in [1.807, 2.05) is 0 Å². The Kier molecular flexibility index (Phi) is 2.68. The van der Waals surface area contributed by atoms with E-state index in [1.54, 1.807) is 24.3 Å². The van der Waals surface area contributed by atoms with Crippen molar-refractivity contribution >= 4 is 17.6 Å². The second-order valence-electron chi connectivity index (χ2n) is 2.34. The van der Waals surface area contributed by atoms with Crippen LogP contribution in [-0.2, 0) is 4.79 Å². The number of halogens is 1. The number of hydrogen-bond acceptors (Lipinski definition) is 2. The van der Waals surface area contributed by atoms with Crippen LogP contribution < -0.4 is 5.73 Å². The second kappa shape index (κ2) is 3.56. The Morgan fingerprint density at radius 1 is 1.50 bits per heavy atom. The standard InChI is InChI=1S/C8H8ClNO2/c9-6-4-2-1-3-5(6)7(10)8(11)12/h1-4,7H,10H2,(H,11,12)/t7-/m0/s1. The van der Waals surface area contributed by atoms with Gasteiger partial charge in [-0.3, -0.25) is 4.79 Å². The van der Waals surface area contributed by atoms with Crippen LogP contribution in [0, 0.1) is 0 Å². The molecule has 1 rings (SSSR count). The molecular formula is C8H8ClNO2. The molecule has 3 N–H and O–H groups in total. The van der Waals surface area contributed by atoms with Crippen molar-refractivity contribution in [2.75, 3.05) is 0 Å². The molecule has 0 spiro atoms. The lowest BCUT2D eigenvalue weighted by Gasteiger charge is -2.07. The Morgan fingerprint density at radius 2 is 2.08 bits per heavy atom. The van der Waals surface area contributed by atoms with Crippen LogP contribution in [0.2, 0.25) is 5.02 Å². The highest BCUT2D eigenvalue weighted by molar-refractivity contribution is 6.31. The molecule has 0 heterocycles. The topological polar surface area (TPSA) is 63.3 Å². The van der Waals surface area contributed by atoms with Gasteiger partial charge in [-0.1, -0.05) is 29.8 Å². The Bertz CT molecular complexity index is 301. The van der Waals surface area contributed by atoms with Crippen LogP contribution in [-0.4, -0.2) is 11.1 Å². The number of hydrogen-bond donors (Lipinski definition) is 2. The van der Waals surface area contributed by atoms with E-state index in [1.165, 1.54) is 0 Å². The third kappa shape index (κ3) is 1.75. The van der Waals surface area contributed by atoms with Crippen LogP contribution in [0.25, 0.3) is 0 Å². The summed E-state index contributed by atoms with van der Waals surface area (Å²) in [6.07, 6.45) is 0. The highest BCUT2D eigenvalue weighted by Gasteiger charge is 2.16. The van der Waals surface area contributed by atoms with Gasteiger partial charge in [0.1, 0.15) is 6.04 Å². The van der Waals surface area contributed by atoms with Crippen LogP contribution in [0.4, 0.5) is 0 Å². The molecule has 1 atom stereocenters. The third-order valence-electron chi connectivity index (χ3n) is 1.51. The minimum absolute atomic E-state index is 0.382. The molecular weight excluding hydrogens is 178 g/mol. The van der Waals surface area contributed by atoms with Gasteiger partial charge >= 0.3 is 5.97 Å². The van der Waals surface area contributed by atoms with E-state index in [2.05, 4.69) is 0 Å². The number of carboxylic acids is 1. The molecule has 0 aliphatic heterocycles. The third-order valence-corrected chi connectivity index (χ3v) is 1.85. The molecule has 12 heavy (non-hydrogen) atoms. The maximum atomic E-state index is 10.5. The van der Waals surface area contributed by atoms with E-state index >= 15 is 0 Å². The van der Waals surface area contributed by atoms with Gasteiger partial charge in [0.15, 0.2) is 0 Å². The lowest BCUT2D eigenvalue weighted by atomic mass is 10.1. The molecule has 0 bridgehead atoms. The van der Waals surface area contributed by atoms with E-state index in [9.17, 15) is 4.79 Å². The number of rotatable bonds is 2. The van der Waals surface area contributed by atoms with Crippen LogP contribution in [0.3, 0.4) is 0 Å². The van der Waals surface area contributed by atoms with Crippen molar-refractivity contribution in [2.24, 2.45) is 5.73 Å². The van der Waals surface area contributed by atoms with E-state index in [0.717, 1.165) is 0 Å². The normalized spacial score (nSPS) is 12.5. The first kappa shape index (κ1) is 9.03. The van der Waals surface area contributed by atoms with Crippen molar-refractivity contribution in [1.82, 2.24) is 0 Å². The SMILES string of the molecule is N[C@H](C(=O)O)c1ccccc1Cl. The minimum atomic E-state index is -1.08. The van der Waals surface area contributed by atoms with Gasteiger partial charge in [-0.05, 0) is 11.6 Å². The van der Waals surface area contributed by atoms with Gasteiger partial charge in [0.05, 0.1) is 0 Å². The molecule has 0 radical (unpaired) electrons. The molecule has 0 unspecified atom stereocenters. The quantitative estimate of drug-likeness (QED) is 0.733. The average molecular weight is 186 g/mol. The van der Waals surface area contributed by atoms with Crippen LogP contribution >= 0.6 is 11.6 Å². The first-order valence-corrected chi connectivity index (χ1v) is 3.73. The predicted octanol–water partition coefficient (Wildman–Crippen LogP) is 1.42. The van der Waals surface area contributed by atoms with Gasteiger partial charge in [-0.15, -0.1) is 0 Å². The monoisotopic (exact) mass is 185 g/mol. The highest BCUT2D eigenvalue weighted by atomic mass is 35.5. The first-order chi connectivity index (χ1) is 5.63. The van der Waals surface area contributed by atoms with Gasteiger partial charge in [0.2, 0.25) is 0 Å². The molecule has 0 amide bonds. The van der Waals surface area contributed by atoms with Crippen molar-refractivity contribution in [3.63, 3.8) is 0 Å². The van der Waals surface area contributed by atoms with Crippen molar-refractivity contribution in [3.8, 4) is 0 Å². The van der Waals surface area contributed by atoms with Gasteiger partial charge in [0, 0.05) is 5.02 Å². The average Bonchev–Trinajstić information content (AvgIpc) is 2.04. The fraction of sp³-hybridized carbons (Fsp3) is 0.125. The fourth-order valence-corrected chi connectivity index (χ4v) is 1.11.